The van der Waals surface area contributed by atoms with Crippen molar-refractivity contribution in [2.75, 3.05) is 24.5 Å². The molecule has 2 N–H and O–H groups in total. The van der Waals surface area contributed by atoms with Crippen molar-refractivity contribution in [3.63, 3.8) is 0 Å². The fourth-order valence-corrected chi connectivity index (χ4v) is 4.08. The summed E-state index contributed by atoms with van der Waals surface area (Å²) in [5, 5.41) is 11.5. The minimum Gasteiger partial charge on any atom is -0.357 e. The SMILES string of the molecule is CCNC(=NCc1ccccc1-n1nc(C)cc1C)NC1CCN(c2ncccc2F)C1. The van der Waals surface area contributed by atoms with Crippen molar-refractivity contribution in [3.05, 3.63) is 71.4 Å². The molecule has 1 unspecified atom stereocenters. The molecular formula is C24H30FN7. The van der Waals surface area contributed by atoms with E-state index in [0.717, 1.165) is 48.1 Å². The van der Waals surface area contributed by atoms with E-state index in [2.05, 4.69) is 45.8 Å². The van der Waals surface area contributed by atoms with Crippen LogP contribution >= 0.6 is 0 Å². The van der Waals surface area contributed by atoms with Crippen molar-refractivity contribution in [2.45, 2.75) is 39.8 Å². The van der Waals surface area contributed by atoms with Gasteiger partial charge in [0.25, 0.3) is 0 Å². The number of anilines is 1. The van der Waals surface area contributed by atoms with Gasteiger partial charge in [-0.1, -0.05) is 18.2 Å². The number of halogens is 1. The molecule has 1 aliphatic heterocycles. The number of aromatic nitrogens is 3. The van der Waals surface area contributed by atoms with Gasteiger partial charge in [0.15, 0.2) is 17.6 Å². The van der Waals surface area contributed by atoms with Crippen LogP contribution in [0.2, 0.25) is 0 Å². The van der Waals surface area contributed by atoms with Crippen LogP contribution in [0, 0.1) is 19.7 Å². The van der Waals surface area contributed by atoms with Crippen molar-refractivity contribution in [2.24, 2.45) is 4.99 Å². The van der Waals surface area contributed by atoms with E-state index in [1.54, 1.807) is 12.3 Å². The number of rotatable bonds is 6. The zero-order valence-electron chi connectivity index (χ0n) is 18.8. The van der Waals surface area contributed by atoms with E-state index < -0.39 is 0 Å². The number of nitrogens with zero attached hydrogens (tertiary/aromatic N) is 5. The van der Waals surface area contributed by atoms with E-state index >= 15 is 0 Å². The normalized spacial score (nSPS) is 16.4. The number of benzene rings is 1. The molecule has 1 saturated heterocycles. The maximum atomic E-state index is 14.1. The monoisotopic (exact) mass is 435 g/mol. The number of para-hydroxylation sites is 1. The summed E-state index contributed by atoms with van der Waals surface area (Å²) in [6.07, 6.45) is 2.52. The largest absolute Gasteiger partial charge is 0.357 e. The van der Waals surface area contributed by atoms with Crippen molar-refractivity contribution in [1.82, 2.24) is 25.4 Å². The predicted molar refractivity (Wildman–Crippen MR) is 126 cm³/mol. The zero-order valence-corrected chi connectivity index (χ0v) is 18.8. The summed E-state index contributed by atoms with van der Waals surface area (Å²) in [6, 6.07) is 13.5. The van der Waals surface area contributed by atoms with Gasteiger partial charge in [0.2, 0.25) is 0 Å². The van der Waals surface area contributed by atoms with E-state index in [4.69, 9.17) is 4.99 Å². The van der Waals surface area contributed by atoms with Gasteiger partial charge in [0.1, 0.15) is 0 Å². The van der Waals surface area contributed by atoms with Crippen LogP contribution in [0.25, 0.3) is 5.69 Å². The molecule has 168 valence electrons. The first-order chi connectivity index (χ1) is 15.5. The van der Waals surface area contributed by atoms with Gasteiger partial charge in [-0.2, -0.15) is 5.10 Å². The molecule has 7 nitrogen and oxygen atoms in total. The average Bonchev–Trinajstić information content (AvgIpc) is 3.38. The first kappa shape index (κ1) is 21.8. The lowest BCUT2D eigenvalue weighted by Crippen LogP contribution is -2.44. The molecule has 1 atom stereocenters. The summed E-state index contributed by atoms with van der Waals surface area (Å²) >= 11 is 0. The highest BCUT2D eigenvalue weighted by molar-refractivity contribution is 5.80. The van der Waals surface area contributed by atoms with Gasteiger partial charge >= 0.3 is 0 Å². The van der Waals surface area contributed by atoms with Crippen LogP contribution in [-0.4, -0.2) is 46.4 Å². The van der Waals surface area contributed by atoms with Crippen LogP contribution in [0.1, 0.15) is 30.3 Å². The van der Waals surface area contributed by atoms with E-state index in [1.165, 1.54) is 6.07 Å². The summed E-state index contributed by atoms with van der Waals surface area (Å²) in [6.45, 7) is 8.82. The number of hydrogen-bond acceptors (Lipinski definition) is 4. The van der Waals surface area contributed by atoms with Crippen molar-refractivity contribution in [3.8, 4) is 5.69 Å². The van der Waals surface area contributed by atoms with Crippen LogP contribution in [-0.2, 0) is 6.54 Å². The van der Waals surface area contributed by atoms with Gasteiger partial charge < -0.3 is 15.5 Å². The molecule has 0 bridgehead atoms. The highest BCUT2D eigenvalue weighted by Gasteiger charge is 2.26. The van der Waals surface area contributed by atoms with Crippen LogP contribution in [0.5, 0.6) is 0 Å². The Labute approximate surface area is 188 Å². The fraction of sp³-hybridized carbons (Fsp3) is 0.375. The lowest BCUT2D eigenvalue weighted by Gasteiger charge is -2.20. The highest BCUT2D eigenvalue weighted by atomic mass is 19.1. The molecule has 1 fully saturated rings. The Balaban J connectivity index is 1.47. The summed E-state index contributed by atoms with van der Waals surface area (Å²) in [4.78, 5) is 11.0. The highest BCUT2D eigenvalue weighted by Crippen LogP contribution is 2.21. The molecule has 3 heterocycles. The lowest BCUT2D eigenvalue weighted by atomic mass is 10.2. The van der Waals surface area contributed by atoms with E-state index in [0.29, 0.717) is 18.9 Å². The van der Waals surface area contributed by atoms with Crippen LogP contribution < -0.4 is 15.5 Å². The van der Waals surface area contributed by atoms with Crippen molar-refractivity contribution < 1.29 is 4.39 Å². The molecule has 0 aliphatic carbocycles. The number of hydrogen-bond donors (Lipinski definition) is 2. The van der Waals surface area contributed by atoms with Crippen LogP contribution in [0.4, 0.5) is 10.2 Å². The molecule has 4 rings (SSSR count). The Morgan fingerprint density at radius 3 is 2.81 bits per heavy atom. The van der Waals surface area contributed by atoms with E-state index in [-0.39, 0.29) is 11.9 Å². The number of aryl methyl sites for hydroxylation is 2. The second-order valence-corrected chi connectivity index (χ2v) is 8.05. The van der Waals surface area contributed by atoms with Gasteiger partial charge in [-0.25, -0.2) is 19.0 Å². The Bertz CT molecular complexity index is 1090. The summed E-state index contributed by atoms with van der Waals surface area (Å²) < 4.78 is 16.1. The Morgan fingerprint density at radius 1 is 1.22 bits per heavy atom. The molecule has 32 heavy (non-hydrogen) atoms. The molecule has 0 spiro atoms. The van der Waals surface area contributed by atoms with Crippen LogP contribution in [0.15, 0.2) is 53.7 Å². The quantitative estimate of drug-likeness (QED) is 0.459. The van der Waals surface area contributed by atoms with Gasteiger partial charge in [-0.05, 0) is 57.0 Å². The van der Waals surface area contributed by atoms with Crippen LogP contribution in [0.3, 0.4) is 0 Å². The van der Waals surface area contributed by atoms with Crippen molar-refractivity contribution in [1.29, 1.82) is 0 Å². The minimum absolute atomic E-state index is 0.167. The van der Waals surface area contributed by atoms with Gasteiger partial charge in [-0.3, -0.25) is 0 Å². The number of nitrogens with one attached hydrogen (secondary N) is 2. The number of aliphatic imine (C=N–C) groups is 1. The van der Waals surface area contributed by atoms with Gasteiger partial charge in [-0.15, -0.1) is 0 Å². The third-order valence-electron chi connectivity index (χ3n) is 5.55. The topological polar surface area (TPSA) is 70.4 Å². The lowest BCUT2D eigenvalue weighted by molar-refractivity contribution is 0.612. The Hall–Kier alpha value is -3.42. The summed E-state index contributed by atoms with van der Waals surface area (Å²) in [5.74, 6) is 0.885. The molecule has 0 saturated carbocycles. The molecule has 1 aromatic carbocycles. The molecule has 3 aromatic rings. The average molecular weight is 436 g/mol. The summed E-state index contributed by atoms with van der Waals surface area (Å²) in [5.41, 5.74) is 4.22. The molecule has 8 heteroatoms. The molecule has 0 amide bonds. The second-order valence-electron chi connectivity index (χ2n) is 8.05. The molecule has 0 radical (unpaired) electrons. The standard InChI is InChI=1S/C24H30FN7/c1-4-26-24(29-20-11-13-31(16-20)23-21(25)9-7-12-27-23)28-15-19-8-5-6-10-22(19)32-18(3)14-17(2)30-32/h5-10,12,14,20H,4,11,13,15-16H2,1-3H3,(H2,26,28,29). The first-order valence-corrected chi connectivity index (χ1v) is 11.1. The zero-order chi connectivity index (χ0) is 22.5. The Kier molecular flexibility index (Phi) is 6.68. The van der Waals surface area contributed by atoms with Crippen molar-refractivity contribution >= 4 is 11.8 Å². The van der Waals surface area contributed by atoms with Gasteiger partial charge in [0.05, 0.1) is 17.9 Å². The molecule has 1 aliphatic rings. The first-order valence-electron chi connectivity index (χ1n) is 11.1. The smallest absolute Gasteiger partial charge is 0.191 e. The fourth-order valence-electron chi connectivity index (χ4n) is 4.08. The second kappa shape index (κ2) is 9.80. The third kappa shape index (κ3) is 4.90. The van der Waals surface area contributed by atoms with E-state index in [1.807, 2.05) is 35.6 Å². The minimum atomic E-state index is -0.283. The maximum Gasteiger partial charge on any atom is 0.191 e. The molecular weight excluding hydrogens is 405 g/mol. The summed E-state index contributed by atoms with van der Waals surface area (Å²) in [7, 11) is 0. The number of pyridine rings is 1. The van der Waals surface area contributed by atoms with E-state index in [9.17, 15) is 4.39 Å². The Morgan fingerprint density at radius 2 is 2.06 bits per heavy atom. The number of guanidine groups is 1. The maximum absolute atomic E-state index is 14.1. The molecule has 2 aromatic heterocycles. The third-order valence-corrected chi connectivity index (χ3v) is 5.55. The van der Waals surface area contributed by atoms with Gasteiger partial charge in [0, 0.05) is 37.6 Å². The predicted octanol–water partition coefficient (Wildman–Crippen LogP) is 3.36.